The summed E-state index contributed by atoms with van der Waals surface area (Å²) in [5, 5.41) is 5.59. The van der Waals surface area contributed by atoms with E-state index in [0.717, 1.165) is 27.8 Å². The Kier molecular flexibility index (Phi) is 4.51. The van der Waals surface area contributed by atoms with Crippen LogP contribution < -0.4 is 5.56 Å². The van der Waals surface area contributed by atoms with Gasteiger partial charge < -0.3 is 4.52 Å². The molecule has 0 spiro atoms. The maximum Gasteiger partial charge on any atom is 0.262 e. The van der Waals surface area contributed by atoms with Crippen LogP contribution in [0.25, 0.3) is 39.3 Å². The molecule has 5 rings (SSSR count). The highest BCUT2D eigenvalue weighted by Crippen LogP contribution is 2.29. The fourth-order valence-electron chi connectivity index (χ4n) is 3.69. The van der Waals surface area contributed by atoms with E-state index in [9.17, 15) is 4.79 Å². The topological polar surface area (TPSA) is 60.9 Å². The van der Waals surface area contributed by atoms with Gasteiger partial charge in [0, 0.05) is 28.2 Å². The minimum Gasteiger partial charge on any atom is -0.334 e. The lowest BCUT2D eigenvalue weighted by Gasteiger charge is -2.10. The minimum atomic E-state index is -0.0860. The first-order valence-corrected chi connectivity index (χ1v) is 10.1. The maximum atomic E-state index is 13.2. The zero-order valence-electron chi connectivity index (χ0n) is 17.6. The number of hydrogen-bond acceptors (Lipinski definition) is 4. The van der Waals surface area contributed by atoms with Crippen molar-refractivity contribution in [2.75, 3.05) is 0 Å². The van der Waals surface area contributed by atoms with Crippen LogP contribution in [-0.2, 0) is 0 Å². The Bertz CT molecular complexity index is 1480. The molecule has 0 fully saturated rings. The van der Waals surface area contributed by atoms with E-state index in [1.54, 1.807) is 10.8 Å². The molecule has 0 bridgehead atoms. The van der Waals surface area contributed by atoms with E-state index < -0.39 is 0 Å². The summed E-state index contributed by atoms with van der Waals surface area (Å²) in [7, 11) is 0. The fourth-order valence-corrected chi connectivity index (χ4v) is 3.69. The zero-order valence-corrected chi connectivity index (χ0v) is 17.6. The van der Waals surface area contributed by atoms with Gasteiger partial charge in [0.2, 0.25) is 5.82 Å². The van der Waals surface area contributed by atoms with Gasteiger partial charge in [0.05, 0.1) is 5.56 Å². The van der Waals surface area contributed by atoms with Crippen molar-refractivity contribution in [2.24, 2.45) is 0 Å². The Hall–Kier alpha value is -3.99. The summed E-state index contributed by atoms with van der Waals surface area (Å²) in [6, 6.07) is 21.4. The number of pyridine rings is 1. The Labute approximate surface area is 179 Å². The van der Waals surface area contributed by atoms with Crippen molar-refractivity contribution in [2.45, 2.75) is 20.8 Å². The zero-order chi connectivity index (χ0) is 21.5. The van der Waals surface area contributed by atoms with Crippen LogP contribution >= 0.6 is 0 Å². The summed E-state index contributed by atoms with van der Waals surface area (Å²) in [6.45, 7) is 6.15. The van der Waals surface area contributed by atoms with Gasteiger partial charge >= 0.3 is 0 Å². The number of aryl methyl sites for hydroxylation is 3. The van der Waals surface area contributed by atoms with E-state index in [2.05, 4.69) is 30.1 Å². The predicted octanol–water partition coefficient (Wildman–Crippen LogP) is 5.63. The summed E-state index contributed by atoms with van der Waals surface area (Å²) < 4.78 is 7.29. The van der Waals surface area contributed by atoms with Gasteiger partial charge in [-0.1, -0.05) is 53.2 Å². The third-order valence-corrected chi connectivity index (χ3v) is 5.66. The fraction of sp³-hybridized carbons (Fsp3) is 0.115. The average Bonchev–Trinajstić information content (AvgIpc) is 3.27. The summed E-state index contributed by atoms with van der Waals surface area (Å²) in [5.41, 5.74) is 5.83. The Morgan fingerprint density at radius 2 is 1.58 bits per heavy atom. The molecule has 31 heavy (non-hydrogen) atoms. The van der Waals surface area contributed by atoms with Crippen LogP contribution in [0.4, 0.5) is 0 Å². The second-order valence-corrected chi connectivity index (χ2v) is 7.82. The highest BCUT2D eigenvalue weighted by molar-refractivity contribution is 5.94. The smallest absolute Gasteiger partial charge is 0.262 e. The van der Waals surface area contributed by atoms with Crippen molar-refractivity contribution < 1.29 is 4.52 Å². The Morgan fingerprint density at radius 1 is 0.839 bits per heavy atom. The first-order chi connectivity index (χ1) is 15.0. The lowest BCUT2D eigenvalue weighted by Crippen LogP contribution is -2.18. The summed E-state index contributed by atoms with van der Waals surface area (Å²) >= 11 is 0. The van der Waals surface area contributed by atoms with Crippen LogP contribution in [0.2, 0.25) is 0 Å². The standard InChI is InChI=1S/C26H21N3O2/c1-16-8-12-20(13-9-16)29-15-23(21-6-4-5-7-22(21)26(29)30)25-27-24(28-31-25)19-11-10-17(2)18(3)14-19/h4-15H,1-3H3. The van der Waals surface area contributed by atoms with E-state index in [1.165, 1.54) is 11.1 Å². The highest BCUT2D eigenvalue weighted by Gasteiger charge is 2.17. The largest absolute Gasteiger partial charge is 0.334 e. The molecule has 0 aliphatic carbocycles. The molecule has 5 heteroatoms. The van der Waals surface area contributed by atoms with Gasteiger partial charge in [-0.05, 0) is 56.2 Å². The molecule has 0 aliphatic rings. The molecule has 0 unspecified atom stereocenters. The first-order valence-electron chi connectivity index (χ1n) is 10.1. The number of rotatable bonds is 3. The Balaban J connectivity index is 1.71. The summed E-state index contributed by atoms with van der Waals surface area (Å²) in [6.07, 6.45) is 1.78. The van der Waals surface area contributed by atoms with Crippen LogP contribution in [0.1, 0.15) is 16.7 Å². The molecule has 152 valence electrons. The monoisotopic (exact) mass is 407 g/mol. The van der Waals surface area contributed by atoms with Crippen molar-refractivity contribution >= 4 is 10.8 Å². The molecule has 0 atom stereocenters. The molecule has 3 aromatic carbocycles. The lowest BCUT2D eigenvalue weighted by molar-refractivity contribution is 0.432. The summed E-state index contributed by atoms with van der Waals surface area (Å²) in [4.78, 5) is 17.8. The number of nitrogens with zero attached hydrogens (tertiary/aromatic N) is 3. The van der Waals surface area contributed by atoms with Crippen molar-refractivity contribution in [3.63, 3.8) is 0 Å². The highest BCUT2D eigenvalue weighted by atomic mass is 16.5. The van der Waals surface area contributed by atoms with Gasteiger partial charge in [-0.25, -0.2) is 0 Å². The van der Waals surface area contributed by atoms with Gasteiger partial charge in [-0.3, -0.25) is 9.36 Å². The predicted molar refractivity (Wildman–Crippen MR) is 122 cm³/mol. The number of aromatic nitrogens is 3. The van der Waals surface area contributed by atoms with Crippen LogP contribution in [0.3, 0.4) is 0 Å². The van der Waals surface area contributed by atoms with Crippen LogP contribution in [-0.4, -0.2) is 14.7 Å². The number of hydrogen-bond donors (Lipinski definition) is 0. The second-order valence-electron chi connectivity index (χ2n) is 7.82. The van der Waals surface area contributed by atoms with Crippen molar-refractivity contribution in [1.82, 2.24) is 14.7 Å². The third kappa shape index (κ3) is 3.34. The quantitative estimate of drug-likeness (QED) is 0.389. The van der Waals surface area contributed by atoms with Crippen LogP contribution in [0.5, 0.6) is 0 Å². The molecule has 2 aromatic heterocycles. The van der Waals surface area contributed by atoms with Gasteiger partial charge in [-0.15, -0.1) is 0 Å². The molecule has 0 aliphatic heterocycles. The minimum absolute atomic E-state index is 0.0860. The average molecular weight is 407 g/mol. The van der Waals surface area contributed by atoms with E-state index in [-0.39, 0.29) is 5.56 Å². The molecular formula is C26H21N3O2. The normalized spacial score (nSPS) is 11.2. The SMILES string of the molecule is Cc1ccc(-n2cc(-c3nc(-c4ccc(C)c(C)c4)no3)c3ccccc3c2=O)cc1. The molecular weight excluding hydrogens is 386 g/mol. The summed E-state index contributed by atoms with van der Waals surface area (Å²) in [5.74, 6) is 0.903. The van der Waals surface area contributed by atoms with Crippen molar-refractivity contribution in [3.8, 4) is 28.5 Å². The Morgan fingerprint density at radius 3 is 2.32 bits per heavy atom. The van der Waals surface area contributed by atoms with Gasteiger partial charge in [0.15, 0.2) is 0 Å². The molecule has 5 nitrogen and oxygen atoms in total. The second kappa shape index (κ2) is 7.36. The van der Waals surface area contributed by atoms with E-state index in [1.807, 2.05) is 67.6 Å². The van der Waals surface area contributed by atoms with Gasteiger partial charge in [-0.2, -0.15) is 4.98 Å². The van der Waals surface area contributed by atoms with Gasteiger partial charge in [0.1, 0.15) is 0 Å². The maximum absolute atomic E-state index is 13.2. The van der Waals surface area contributed by atoms with Crippen molar-refractivity contribution in [3.05, 3.63) is 100.0 Å². The van der Waals surface area contributed by atoms with E-state index in [0.29, 0.717) is 17.1 Å². The molecule has 0 radical (unpaired) electrons. The van der Waals surface area contributed by atoms with Crippen LogP contribution in [0.15, 0.2) is 82.2 Å². The van der Waals surface area contributed by atoms with E-state index in [4.69, 9.17) is 4.52 Å². The molecule has 0 N–H and O–H groups in total. The molecule has 0 amide bonds. The third-order valence-electron chi connectivity index (χ3n) is 5.66. The lowest BCUT2D eigenvalue weighted by atomic mass is 10.1. The van der Waals surface area contributed by atoms with Gasteiger partial charge in [0.25, 0.3) is 11.4 Å². The van der Waals surface area contributed by atoms with Crippen molar-refractivity contribution in [1.29, 1.82) is 0 Å². The number of fused-ring (bicyclic) bond motifs is 1. The molecule has 2 heterocycles. The molecule has 5 aromatic rings. The molecule has 0 saturated heterocycles. The van der Waals surface area contributed by atoms with Crippen LogP contribution in [0, 0.1) is 20.8 Å². The molecule has 0 saturated carbocycles. The van der Waals surface area contributed by atoms with E-state index >= 15 is 0 Å². The number of benzene rings is 3. The first kappa shape index (κ1) is 19.0.